The molecular formula is C15H19FO2. The normalized spacial score (nSPS) is 23.7. The summed E-state index contributed by atoms with van der Waals surface area (Å²) in [5.74, 6) is 0.657. The van der Waals surface area contributed by atoms with Crippen molar-refractivity contribution < 1.29 is 13.9 Å². The van der Waals surface area contributed by atoms with Crippen LogP contribution in [0.2, 0.25) is 0 Å². The lowest BCUT2D eigenvalue weighted by atomic mass is 9.79. The van der Waals surface area contributed by atoms with Gasteiger partial charge in [-0.2, -0.15) is 0 Å². The summed E-state index contributed by atoms with van der Waals surface area (Å²) in [6.45, 7) is 2.22. The maximum Gasteiger partial charge on any atom is 0.166 e. The zero-order valence-corrected chi connectivity index (χ0v) is 10.9. The first-order valence-electron chi connectivity index (χ1n) is 6.49. The van der Waals surface area contributed by atoms with Crippen LogP contribution in [0, 0.1) is 17.7 Å². The number of carbonyl (C=O) groups excluding carboxylic acids is 1. The SMILES string of the molecule is COc1cc(C(=O)C2CCC(C)CC2)ccc1F. The Morgan fingerprint density at radius 1 is 1.28 bits per heavy atom. The summed E-state index contributed by atoms with van der Waals surface area (Å²) in [5, 5.41) is 0. The number of benzene rings is 1. The lowest BCUT2D eigenvalue weighted by molar-refractivity contribution is 0.0875. The molecule has 0 spiro atoms. The van der Waals surface area contributed by atoms with Gasteiger partial charge in [-0.25, -0.2) is 4.39 Å². The Labute approximate surface area is 107 Å². The highest BCUT2D eigenvalue weighted by Gasteiger charge is 2.25. The van der Waals surface area contributed by atoms with E-state index in [4.69, 9.17) is 4.74 Å². The lowest BCUT2D eigenvalue weighted by Crippen LogP contribution is -2.21. The maximum absolute atomic E-state index is 13.3. The molecule has 0 bridgehead atoms. The molecule has 0 amide bonds. The molecule has 1 saturated carbocycles. The first kappa shape index (κ1) is 13.1. The van der Waals surface area contributed by atoms with Crippen LogP contribution in [0.1, 0.15) is 43.0 Å². The number of Topliss-reactive ketones (excluding diaryl/α,β-unsaturated/α-hetero) is 1. The van der Waals surface area contributed by atoms with Gasteiger partial charge in [0.2, 0.25) is 0 Å². The van der Waals surface area contributed by atoms with Crippen LogP contribution < -0.4 is 4.74 Å². The molecule has 0 heterocycles. The Bertz CT molecular complexity index is 434. The van der Waals surface area contributed by atoms with Crippen molar-refractivity contribution in [3.05, 3.63) is 29.6 Å². The predicted molar refractivity (Wildman–Crippen MR) is 68.4 cm³/mol. The number of carbonyl (C=O) groups is 1. The quantitative estimate of drug-likeness (QED) is 0.762. The third kappa shape index (κ3) is 2.71. The van der Waals surface area contributed by atoms with Crippen molar-refractivity contribution in [3.8, 4) is 5.75 Å². The summed E-state index contributed by atoms with van der Waals surface area (Å²) in [7, 11) is 1.41. The Balaban J connectivity index is 2.13. The van der Waals surface area contributed by atoms with E-state index in [2.05, 4.69) is 6.92 Å². The average Bonchev–Trinajstić information content (AvgIpc) is 2.39. The van der Waals surface area contributed by atoms with Gasteiger partial charge in [0.25, 0.3) is 0 Å². The van der Waals surface area contributed by atoms with Gasteiger partial charge in [0.05, 0.1) is 7.11 Å². The summed E-state index contributed by atoms with van der Waals surface area (Å²) in [5.41, 5.74) is 0.563. The number of hydrogen-bond donors (Lipinski definition) is 0. The monoisotopic (exact) mass is 250 g/mol. The average molecular weight is 250 g/mol. The standard InChI is InChI=1S/C15H19FO2/c1-10-3-5-11(6-4-10)15(17)12-7-8-13(16)14(9-12)18-2/h7-11H,3-6H2,1-2H3. The van der Waals surface area contributed by atoms with Crippen molar-refractivity contribution in [2.45, 2.75) is 32.6 Å². The Morgan fingerprint density at radius 2 is 1.94 bits per heavy atom. The number of rotatable bonds is 3. The third-order valence-corrected chi connectivity index (χ3v) is 3.82. The molecule has 1 aliphatic carbocycles. The molecule has 0 saturated heterocycles. The number of ether oxygens (including phenoxy) is 1. The van der Waals surface area contributed by atoms with Gasteiger partial charge in [-0.1, -0.05) is 19.8 Å². The van der Waals surface area contributed by atoms with Crippen LogP contribution in [0.5, 0.6) is 5.75 Å². The van der Waals surface area contributed by atoms with Crippen LogP contribution in [0.25, 0.3) is 0 Å². The molecule has 2 rings (SSSR count). The topological polar surface area (TPSA) is 26.3 Å². The fraction of sp³-hybridized carbons (Fsp3) is 0.533. The molecule has 0 unspecified atom stereocenters. The molecule has 0 aromatic heterocycles. The van der Waals surface area contributed by atoms with Gasteiger partial charge >= 0.3 is 0 Å². The highest BCUT2D eigenvalue weighted by molar-refractivity contribution is 5.98. The molecule has 1 fully saturated rings. The van der Waals surface area contributed by atoms with E-state index in [0.29, 0.717) is 5.56 Å². The molecule has 1 aromatic rings. The van der Waals surface area contributed by atoms with Crippen molar-refractivity contribution in [2.75, 3.05) is 7.11 Å². The van der Waals surface area contributed by atoms with Gasteiger partial charge in [-0.3, -0.25) is 4.79 Å². The molecule has 2 nitrogen and oxygen atoms in total. The first-order chi connectivity index (χ1) is 8.61. The number of ketones is 1. The van der Waals surface area contributed by atoms with Gasteiger partial charge in [-0.05, 0) is 37.0 Å². The van der Waals surface area contributed by atoms with E-state index < -0.39 is 5.82 Å². The van der Waals surface area contributed by atoms with E-state index in [9.17, 15) is 9.18 Å². The van der Waals surface area contributed by atoms with Crippen LogP contribution in [0.15, 0.2) is 18.2 Å². The van der Waals surface area contributed by atoms with Crippen molar-refractivity contribution >= 4 is 5.78 Å². The molecule has 18 heavy (non-hydrogen) atoms. The van der Waals surface area contributed by atoms with Gasteiger partial charge < -0.3 is 4.74 Å². The summed E-state index contributed by atoms with van der Waals surface area (Å²) in [4.78, 5) is 12.3. The summed E-state index contributed by atoms with van der Waals surface area (Å²) < 4.78 is 18.2. The van der Waals surface area contributed by atoms with Crippen LogP contribution in [-0.4, -0.2) is 12.9 Å². The Hall–Kier alpha value is -1.38. The molecule has 1 aliphatic rings. The fourth-order valence-electron chi connectivity index (χ4n) is 2.57. The minimum atomic E-state index is -0.425. The zero-order valence-electron chi connectivity index (χ0n) is 10.9. The molecule has 0 atom stereocenters. The van der Waals surface area contributed by atoms with E-state index in [1.807, 2.05) is 0 Å². The molecule has 0 N–H and O–H groups in total. The second-order valence-corrected chi connectivity index (χ2v) is 5.17. The highest BCUT2D eigenvalue weighted by Crippen LogP contribution is 2.31. The fourth-order valence-corrected chi connectivity index (χ4v) is 2.57. The molecule has 3 heteroatoms. The number of hydrogen-bond acceptors (Lipinski definition) is 2. The summed E-state index contributed by atoms with van der Waals surface area (Å²) in [6.07, 6.45) is 4.10. The van der Waals surface area contributed by atoms with Crippen LogP contribution in [0.3, 0.4) is 0 Å². The van der Waals surface area contributed by atoms with E-state index in [-0.39, 0.29) is 17.5 Å². The minimum absolute atomic E-state index is 0.0939. The second-order valence-electron chi connectivity index (χ2n) is 5.17. The first-order valence-corrected chi connectivity index (χ1v) is 6.49. The molecule has 0 radical (unpaired) electrons. The van der Waals surface area contributed by atoms with Gasteiger partial charge in [0, 0.05) is 11.5 Å². The lowest BCUT2D eigenvalue weighted by Gasteiger charge is -2.25. The highest BCUT2D eigenvalue weighted by atomic mass is 19.1. The molecule has 1 aromatic carbocycles. The largest absolute Gasteiger partial charge is 0.494 e. The van der Waals surface area contributed by atoms with Gasteiger partial charge in [0.1, 0.15) is 0 Å². The Kier molecular flexibility index (Phi) is 4.00. The third-order valence-electron chi connectivity index (χ3n) is 3.82. The van der Waals surface area contributed by atoms with E-state index in [0.717, 1.165) is 31.6 Å². The van der Waals surface area contributed by atoms with Crippen LogP contribution in [0.4, 0.5) is 4.39 Å². The van der Waals surface area contributed by atoms with Gasteiger partial charge in [-0.15, -0.1) is 0 Å². The summed E-state index contributed by atoms with van der Waals surface area (Å²) >= 11 is 0. The second kappa shape index (κ2) is 5.51. The Morgan fingerprint density at radius 3 is 2.56 bits per heavy atom. The molecule has 98 valence electrons. The van der Waals surface area contributed by atoms with E-state index in [1.165, 1.54) is 19.2 Å². The van der Waals surface area contributed by atoms with Crippen molar-refractivity contribution in [2.24, 2.45) is 11.8 Å². The van der Waals surface area contributed by atoms with Crippen molar-refractivity contribution in [1.29, 1.82) is 0 Å². The smallest absolute Gasteiger partial charge is 0.166 e. The summed E-state index contributed by atoms with van der Waals surface area (Å²) in [6, 6.07) is 4.37. The minimum Gasteiger partial charge on any atom is -0.494 e. The van der Waals surface area contributed by atoms with Crippen LogP contribution >= 0.6 is 0 Å². The van der Waals surface area contributed by atoms with E-state index >= 15 is 0 Å². The number of methoxy groups -OCH3 is 1. The van der Waals surface area contributed by atoms with Crippen molar-refractivity contribution in [1.82, 2.24) is 0 Å². The van der Waals surface area contributed by atoms with Crippen molar-refractivity contribution in [3.63, 3.8) is 0 Å². The number of halogens is 1. The zero-order chi connectivity index (χ0) is 13.1. The van der Waals surface area contributed by atoms with E-state index in [1.54, 1.807) is 6.07 Å². The van der Waals surface area contributed by atoms with Gasteiger partial charge in [0.15, 0.2) is 17.3 Å². The maximum atomic E-state index is 13.3. The van der Waals surface area contributed by atoms with Crippen LogP contribution in [-0.2, 0) is 0 Å². The molecule has 0 aliphatic heterocycles. The molecular weight excluding hydrogens is 231 g/mol. The predicted octanol–water partition coefficient (Wildman–Crippen LogP) is 3.84.